The minimum Gasteiger partial charge on any atom is -0.322 e. The number of aryl methyl sites for hydroxylation is 1. The monoisotopic (exact) mass is 289 g/mol. The number of para-hydroxylation sites is 1. The van der Waals surface area contributed by atoms with Gasteiger partial charge in [-0.25, -0.2) is 4.98 Å². The minimum atomic E-state index is 0.497. The van der Waals surface area contributed by atoms with Crippen molar-refractivity contribution < 1.29 is 0 Å². The third kappa shape index (κ3) is 1.73. The third-order valence-electron chi connectivity index (χ3n) is 5.01. The van der Waals surface area contributed by atoms with Crippen molar-refractivity contribution in [1.82, 2.24) is 14.5 Å². The number of fused-ring (bicyclic) bond motifs is 2. The molecule has 4 heteroatoms. The molecule has 106 valence electrons. The van der Waals surface area contributed by atoms with Gasteiger partial charge in [-0.1, -0.05) is 12.1 Å². The number of rotatable bonds is 2. The maximum atomic E-state index is 6.18. The molecule has 2 unspecified atom stereocenters. The largest absolute Gasteiger partial charge is 0.322 e. The van der Waals surface area contributed by atoms with Crippen LogP contribution < -0.4 is 0 Å². The summed E-state index contributed by atoms with van der Waals surface area (Å²) in [7, 11) is 0. The van der Waals surface area contributed by atoms with Crippen LogP contribution in [0.3, 0.4) is 0 Å². The van der Waals surface area contributed by atoms with Crippen molar-refractivity contribution >= 4 is 22.6 Å². The first-order chi connectivity index (χ1) is 9.79. The van der Waals surface area contributed by atoms with E-state index in [2.05, 4.69) is 34.6 Å². The summed E-state index contributed by atoms with van der Waals surface area (Å²) in [4.78, 5) is 7.41. The first-order valence-corrected chi connectivity index (χ1v) is 8.09. The number of alkyl halides is 1. The highest BCUT2D eigenvalue weighted by Crippen LogP contribution is 2.39. The molecule has 0 N–H and O–H groups in total. The Morgan fingerprint density at radius 1 is 1.25 bits per heavy atom. The lowest BCUT2D eigenvalue weighted by Crippen LogP contribution is -2.28. The van der Waals surface area contributed by atoms with Crippen LogP contribution in [0.1, 0.15) is 36.7 Å². The number of hydrogen-bond acceptors (Lipinski definition) is 2. The van der Waals surface area contributed by atoms with E-state index in [0.29, 0.717) is 18.0 Å². The van der Waals surface area contributed by atoms with Crippen LogP contribution in [-0.2, 0) is 5.88 Å². The topological polar surface area (TPSA) is 21.1 Å². The molecular weight excluding hydrogens is 270 g/mol. The SMILES string of the molecule is Cc1cccc2nc(CCl)n(C3CCN4CCCC34)c12. The molecule has 2 saturated heterocycles. The summed E-state index contributed by atoms with van der Waals surface area (Å²) in [5.41, 5.74) is 3.70. The standard InChI is InChI=1S/C16H20ClN3/c1-11-4-2-5-12-16(11)20(15(10-17)18-12)14-7-9-19-8-3-6-13(14)19/h2,4-5,13-14H,3,6-10H2,1H3. The average Bonchev–Trinajstić information content (AvgIpc) is 3.10. The molecule has 3 nitrogen and oxygen atoms in total. The molecule has 2 aliphatic rings. The van der Waals surface area contributed by atoms with Gasteiger partial charge in [0.2, 0.25) is 0 Å². The second kappa shape index (κ2) is 4.74. The highest BCUT2D eigenvalue weighted by molar-refractivity contribution is 6.16. The zero-order valence-electron chi connectivity index (χ0n) is 11.8. The average molecular weight is 290 g/mol. The van der Waals surface area contributed by atoms with E-state index in [4.69, 9.17) is 16.6 Å². The number of hydrogen-bond donors (Lipinski definition) is 0. The van der Waals surface area contributed by atoms with Gasteiger partial charge in [0.15, 0.2) is 0 Å². The first kappa shape index (κ1) is 12.7. The van der Waals surface area contributed by atoms with E-state index in [1.54, 1.807) is 0 Å². The molecule has 4 rings (SSSR count). The lowest BCUT2D eigenvalue weighted by molar-refractivity contribution is 0.290. The van der Waals surface area contributed by atoms with Crippen molar-refractivity contribution in [3.8, 4) is 0 Å². The van der Waals surface area contributed by atoms with Crippen molar-refractivity contribution in [2.45, 2.75) is 44.1 Å². The molecule has 0 bridgehead atoms. The Bertz CT molecular complexity index is 648. The molecule has 0 aliphatic carbocycles. The summed E-state index contributed by atoms with van der Waals surface area (Å²) in [5.74, 6) is 1.53. The summed E-state index contributed by atoms with van der Waals surface area (Å²) in [5, 5.41) is 0. The molecule has 0 amide bonds. The van der Waals surface area contributed by atoms with Crippen LogP contribution in [0.15, 0.2) is 18.2 Å². The summed E-state index contributed by atoms with van der Waals surface area (Å²) in [6, 6.07) is 7.62. The summed E-state index contributed by atoms with van der Waals surface area (Å²) in [6.07, 6.45) is 3.88. The maximum absolute atomic E-state index is 6.18. The zero-order valence-corrected chi connectivity index (χ0v) is 12.6. The van der Waals surface area contributed by atoms with Crippen LogP contribution in [-0.4, -0.2) is 33.6 Å². The fourth-order valence-corrected chi connectivity index (χ4v) is 4.37. The summed E-state index contributed by atoms with van der Waals surface area (Å²) < 4.78 is 2.45. The second-order valence-corrected chi connectivity index (χ2v) is 6.34. The Balaban J connectivity index is 1.90. The molecule has 0 radical (unpaired) electrons. The van der Waals surface area contributed by atoms with E-state index >= 15 is 0 Å². The number of nitrogens with zero attached hydrogens (tertiary/aromatic N) is 3. The molecule has 0 saturated carbocycles. The van der Waals surface area contributed by atoms with Crippen molar-refractivity contribution in [2.24, 2.45) is 0 Å². The molecule has 2 atom stereocenters. The highest BCUT2D eigenvalue weighted by Gasteiger charge is 2.39. The van der Waals surface area contributed by atoms with Gasteiger partial charge in [0.25, 0.3) is 0 Å². The van der Waals surface area contributed by atoms with Crippen LogP contribution in [0, 0.1) is 6.92 Å². The Labute approximate surface area is 124 Å². The number of imidazole rings is 1. The normalized spacial score (nSPS) is 26.5. The second-order valence-electron chi connectivity index (χ2n) is 6.08. The molecule has 0 spiro atoms. The van der Waals surface area contributed by atoms with Gasteiger partial charge >= 0.3 is 0 Å². The van der Waals surface area contributed by atoms with Crippen molar-refractivity contribution in [3.05, 3.63) is 29.6 Å². The van der Waals surface area contributed by atoms with E-state index in [1.165, 1.54) is 43.4 Å². The molecule has 20 heavy (non-hydrogen) atoms. The molecule has 2 aromatic rings. The molecule has 2 aliphatic heterocycles. The number of benzene rings is 1. The minimum absolute atomic E-state index is 0.497. The van der Waals surface area contributed by atoms with Crippen LogP contribution in [0.25, 0.3) is 11.0 Å². The predicted molar refractivity (Wildman–Crippen MR) is 82.3 cm³/mol. The smallest absolute Gasteiger partial charge is 0.125 e. The van der Waals surface area contributed by atoms with Gasteiger partial charge in [0.1, 0.15) is 5.82 Å². The van der Waals surface area contributed by atoms with Crippen molar-refractivity contribution in [3.63, 3.8) is 0 Å². The van der Waals surface area contributed by atoms with Crippen LogP contribution >= 0.6 is 11.6 Å². The van der Waals surface area contributed by atoms with E-state index < -0.39 is 0 Å². The van der Waals surface area contributed by atoms with Crippen LogP contribution in [0.2, 0.25) is 0 Å². The molecule has 2 fully saturated rings. The van der Waals surface area contributed by atoms with Gasteiger partial charge in [0, 0.05) is 12.6 Å². The van der Waals surface area contributed by atoms with E-state index in [9.17, 15) is 0 Å². The van der Waals surface area contributed by atoms with Gasteiger partial charge in [-0.05, 0) is 44.4 Å². The fraction of sp³-hybridized carbons (Fsp3) is 0.562. The quantitative estimate of drug-likeness (QED) is 0.789. The van der Waals surface area contributed by atoms with Crippen LogP contribution in [0.5, 0.6) is 0 Å². The Kier molecular flexibility index (Phi) is 3.00. The number of halogens is 1. The number of aromatic nitrogens is 2. The Morgan fingerprint density at radius 3 is 3.00 bits per heavy atom. The third-order valence-corrected chi connectivity index (χ3v) is 5.25. The van der Waals surface area contributed by atoms with Gasteiger partial charge in [-0.2, -0.15) is 0 Å². The first-order valence-electron chi connectivity index (χ1n) is 7.56. The molecule has 1 aromatic carbocycles. The highest BCUT2D eigenvalue weighted by atomic mass is 35.5. The maximum Gasteiger partial charge on any atom is 0.125 e. The summed E-state index contributed by atoms with van der Waals surface area (Å²) >= 11 is 6.18. The van der Waals surface area contributed by atoms with Gasteiger partial charge in [0.05, 0.1) is 23.0 Å². The van der Waals surface area contributed by atoms with Gasteiger partial charge < -0.3 is 4.57 Å². The Morgan fingerprint density at radius 2 is 2.15 bits per heavy atom. The van der Waals surface area contributed by atoms with E-state index in [1.807, 2.05) is 0 Å². The van der Waals surface area contributed by atoms with Crippen molar-refractivity contribution in [2.75, 3.05) is 13.1 Å². The molecular formula is C16H20ClN3. The lowest BCUT2D eigenvalue weighted by atomic mass is 10.1. The molecule has 1 aromatic heterocycles. The van der Waals surface area contributed by atoms with Crippen LogP contribution in [0.4, 0.5) is 0 Å². The van der Waals surface area contributed by atoms with Gasteiger partial charge in [-0.15, -0.1) is 11.6 Å². The lowest BCUT2D eigenvalue weighted by Gasteiger charge is -2.24. The molecule has 3 heterocycles. The fourth-order valence-electron chi connectivity index (χ4n) is 4.18. The zero-order chi connectivity index (χ0) is 13.7. The predicted octanol–water partition coefficient (Wildman–Crippen LogP) is 3.49. The van der Waals surface area contributed by atoms with Gasteiger partial charge in [-0.3, -0.25) is 4.90 Å². The van der Waals surface area contributed by atoms with E-state index in [-0.39, 0.29) is 0 Å². The Hall–Kier alpha value is -1.06. The van der Waals surface area contributed by atoms with E-state index in [0.717, 1.165) is 11.3 Å². The summed E-state index contributed by atoms with van der Waals surface area (Å²) in [6.45, 7) is 4.67. The van der Waals surface area contributed by atoms with Crippen molar-refractivity contribution in [1.29, 1.82) is 0 Å².